The Bertz CT molecular complexity index is 534. The smallest absolute Gasteiger partial charge is 0.222 e. The molecule has 0 spiro atoms. The third kappa shape index (κ3) is 3.04. The van der Waals surface area contributed by atoms with E-state index in [0.29, 0.717) is 19.3 Å². The minimum Gasteiger partial charge on any atom is -0.314 e. The van der Waals surface area contributed by atoms with Crippen LogP contribution in [-0.2, 0) is 16.0 Å². The van der Waals surface area contributed by atoms with Crippen molar-refractivity contribution in [2.45, 2.75) is 38.9 Å². The van der Waals surface area contributed by atoms with E-state index in [1.54, 1.807) is 20.1 Å². The van der Waals surface area contributed by atoms with E-state index < -0.39 is 5.79 Å². The van der Waals surface area contributed by atoms with E-state index in [-0.39, 0.29) is 11.8 Å². The van der Waals surface area contributed by atoms with E-state index in [4.69, 9.17) is 0 Å². The number of nitrogens with zero attached hydrogens (tertiary/aromatic N) is 1. The van der Waals surface area contributed by atoms with Crippen LogP contribution >= 0.6 is 0 Å². The summed E-state index contributed by atoms with van der Waals surface area (Å²) in [6.07, 6.45) is 2.85. The number of hydrogen-bond acceptors (Lipinski definition) is 3. The van der Waals surface area contributed by atoms with Gasteiger partial charge in [0.2, 0.25) is 17.6 Å². The molecular weight excluding hydrogens is 254 g/mol. The lowest BCUT2D eigenvalue weighted by molar-refractivity contribution is -0.126. The highest BCUT2D eigenvalue weighted by Gasteiger charge is 2.35. The Kier molecular flexibility index (Phi) is 4.17. The summed E-state index contributed by atoms with van der Waals surface area (Å²) in [6, 6.07) is 7.82. The van der Waals surface area contributed by atoms with Crippen molar-refractivity contribution in [3.8, 4) is 0 Å². The van der Waals surface area contributed by atoms with Crippen LogP contribution in [-0.4, -0.2) is 23.8 Å². The number of benzene rings is 1. The summed E-state index contributed by atoms with van der Waals surface area (Å²) in [6.45, 7) is 3.54. The van der Waals surface area contributed by atoms with Gasteiger partial charge in [-0.15, -0.1) is 0 Å². The fourth-order valence-corrected chi connectivity index (χ4v) is 2.14. The molecular formula is C15H19N3O2. The maximum absolute atomic E-state index is 11.7. The molecule has 0 aliphatic carbocycles. The van der Waals surface area contributed by atoms with Crippen molar-refractivity contribution in [2.24, 2.45) is 4.99 Å². The quantitative estimate of drug-likeness (QED) is 0.813. The van der Waals surface area contributed by atoms with Crippen molar-refractivity contribution in [1.29, 1.82) is 0 Å². The summed E-state index contributed by atoms with van der Waals surface area (Å²) < 4.78 is 0. The fourth-order valence-electron chi connectivity index (χ4n) is 2.14. The molecule has 0 radical (unpaired) electrons. The second-order valence-corrected chi connectivity index (χ2v) is 4.80. The van der Waals surface area contributed by atoms with Gasteiger partial charge in [-0.25, -0.2) is 4.99 Å². The van der Waals surface area contributed by atoms with Crippen LogP contribution in [0.2, 0.25) is 0 Å². The normalized spacial score (nSPS) is 15.3. The Morgan fingerprint density at radius 2 is 1.75 bits per heavy atom. The van der Waals surface area contributed by atoms with Crippen LogP contribution in [0.1, 0.15) is 37.8 Å². The summed E-state index contributed by atoms with van der Waals surface area (Å²) in [5, 5.41) is 5.64. The first-order valence-electron chi connectivity index (χ1n) is 6.83. The van der Waals surface area contributed by atoms with Gasteiger partial charge >= 0.3 is 0 Å². The van der Waals surface area contributed by atoms with Crippen molar-refractivity contribution in [1.82, 2.24) is 10.6 Å². The second kappa shape index (κ2) is 5.86. The van der Waals surface area contributed by atoms with Gasteiger partial charge in [0.15, 0.2) is 0 Å². The number of nitrogens with one attached hydrogen (secondary N) is 2. The van der Waals surface area contributed by atoms with Crippen LogP contribution in [0.25, 0.3) is 0 Å². The maximum Gasteiger partial charge on any atom is 0.222 e. The van der Waals surface area contributed by atoms with Crippen molar-refractivity contribution in [3.63, 3.8) is 0 Å². The van der Waals surface area contributed by atoms with Crippen LogP contribution in [0.4, 0.5) is 0 Å². The zero-order valence-corrected chi connectivity index (χ0v) is 11.8. The number of hydrogen-bond donors (Lipinski definition) is 2. The lowest BCUT2D eigenvalue weighted by atomic mass is 9.98. The van der Waals surface area contributed by atoms with Crippen molar-refractivity contribution < 1.29 is 9.59 Å². The topological polar surface area (TPSA) is 70.6 Å². The predicted molar refractivity (Wildman–Crippen MR) is 77.3 cm³/mol. The standard InChI is InChI=1S/C15H19N3O2/c1-3-13(19)17-15(18-14(20)4-2)9-11-7-5-6-8-12(11)10-16-15/h5-8,10H,3-4,9H2,1-2H3,(H,17,19)(H,18,20). The number of amides is 2. The van der Waals surface area contributed by atoms with Crippen LogP contribution in [0, 0.1) is 0 Å². The molecule has 0 aromatic heterocycles. The van der Waals surface area contributed by atoms with Crippen LogP contribution in [0.15, 0.2) is 29.3 Å². The van der Waals surface area contributed by atoms with Gasteiger partial charge < -0.3 is 10.6 Å². The molecule has 5 heteroatoms. The predicted octanol–water partition coefficient (Wildman–Crippen LogP) is 1.37. The molecule has 1 aromatic carbocycles. The van der Waals surface area contributed by atoms with Gasteiger partial charge in [0.1, 0.15) is 0 Å². The Balaban J connectivity index is 2.30. The highest BCUT2D eigenvalue weighted by molar-refractivity contribution is 5.86. The lowest BCUT2D eigenvalue weighted by Crippen LogP contribution is -2.61. The summed E-state index contributed by atoms with van der Waals surface area (Å²) in [4.78, 5) is 27.9. The molecule has 2 N–H and O–H groups in total. The maximum atomic E-state index is 11.7. The first-order chi connectivity index (χ1) is 9.58. The molecule has 5 nitrogen and oxygen atoms in total. The molecule has 1 aliphatic heterocycles. The average Bonchev–Trinajstić information content (AvgIpc) is 2.46. The van der Waals surface area contributed by atoms with Crippen LogP contribution in [0.3, 0.4) is 0 Å². The Labute approximate surface area is 118 Å². The number of carbonyl (C=O) groups is 2. The van der Waals surface area contributed by atoms with E-state index in [0.717, 1.165) is 11.1 Å². The first-order valence-corrected chi connectivity index (χ1v) is 6.83. The molecule has 0 saturated heterocycles. The van der Waals surface area contributed by atoms with Gasteiger partial charge in [-0.3, -0.25) is 9.59 Å². The molecule has 1 aliphatic rings. The molecule has 0 fully saturated rings. The van der Waals surface area contributed by atoms with E-state index >= 15 is 0 Å². The Morgan fingerprint density at radius 1 is 1.15 bits per heavy atom. The largest absolute Gasteiger partial charge is 0.314 e. The summed E-state index contributed by atoms with van der Waals surface area (Å²) in [5.41, 5.74) is 2.06. The third-order valence-corrected chi connectivity index (χ3v) is 3.26. The zero-order chi connectivity index (χ0) is 14.6. The van der Waals surface area contributed by atoms with Gasteiger partial charge in [-0.05, 0) is 11.1 Å². The molecule has 0 saturated carbocycles. The van der Waals surface area contributed by atoms with E-state index in [1.807, 2.05) is 24.3 Å². The summed E-state index contributed by atoms with van der Waals surface area (Å²) in [5.74, 6) is -1.34. The molecule has 0 atom stereocenters. The molecule has 1 aromatic rings. The van der Waals surface area contributed by atoms with Crippen LogP contribution in [0.5, 0.6) is 0 Å². The number of rotatable bonds is 4. The first kappa shape index (κ1) is 14.2. The van der Waals surface area contributed by atoms with Crippen molar-refractivity contribution in [3.05, 3.63) is 35.4 Å². The monoisotopic (exact) mass is 273 g/mol. The van der Waals surface area contributed by atoms with Crippen molar-refractivity contribution >= 4 is 18.0 Å². The SMILES string of the molecule is CCC(=O)NC1(NC(=O)CC)Cc2ccccc2C=N1. The molecule has 2 amide bonds. The van der Waals surface area contributed by atoms with Gasteiger partial charge in [0.25, 0.3) is 0 Å². The molecule has 1 heterocycles. The highest BCUT2D eigenvalue weighted by atomic mass is 16.2. The number of fused-ring (bicyclic) bond motifs is 1. The average molecular weight is 273 g/mol. The Hall–Kier alpha value is -2.17. The Morgan fingerprint density at radius 3 is 2.35 bits per heavy atom. The molecule has 20 heavy (non-hydrogen) atoms. The van der Waals surface area contributed by atoms with Crippen LogP contribution < -0.4 is 10.6 Å². The lowest BCUT2D eigenvalue weighted by Gasteiger charge is -2.34. The van der Waals surface area contributed by atoms with Gasteiger partial charge in [0.05, 0.1) is 0 Å². The third-order valence-electron chi connectivity index (χ3n) is 3.26. The second-order valence-electron chi connectivity index (χ2n) is 4.80. The summed E-state index contributed by atoms with van der Waals surface area (Å²) >= 11 is 0. The molecule has 0 unspecified atom stereocenters. The van der Waals surface area contributed by atoms with E-state index in [1.165, 1.54) is 0 Å². The van der Waals surface area contributed by atoms with E-state index in [2.05, 4.69) is 15.6 Å². The minimum absolute atomic E-state index is 0.141. The number of aliphatic imine (C=N–C) groups is 1. The molecule has 2 rings (SSSR count). The van der Waals surface area contributed by atoms with Gasteiger partial charge in [-0.1, -0.05) is 38.1 Å². The molecule has 106 valence electrons. The molecule has 0 bridgehead atoms. The number of carbonyl (C=O) groups excluding carboxylic acids is 2. The minimum atomic E-state index is -1.06. The fraction of sp³-hybridized carbons (Fsp3) is 0.400. The van der Waals surface area contributed by atoms with E-state index in [9.17, 15) is 9.59 Å². The van der Waals surface area contributed by atoms with Gasteiger partial charge in [-0.2, -0.15) is 0 Å². The van der Waals surface area contributed by atoms with Gasteiger partial charge in [0, 0.05) is 25.5 Å². The van der Waals surface area contributed by atoms with Crippen molar-refractivity contribution in [2.75, 3.05) is 0 Å². The summed E-state index contributed by atoms with van der Waals surface area (Å²) in [7, 11) is 0. The highest BCUT2D eigenvalue weighted by Crippen LogP contribution is 2.21. The zero-order valence-electron chi connectivity index (χ0n) is 11.8.